The Bertz CT molecular complexity index is 1380. The number of carbonyl (C=O) groups excluding carboxylic acids is 3. The highest BCUT2D eigenvalue weighted by Crippen LogP contribution is 2.22. The fraction of sp³-hybridized carbons (Fsp3) is 0.167. The summed E-state index contributed by atoms with van der Waals surface area (Å²) in [6, 6.07) is 12.8. The molecule has 0 fully saturated rings. The normalized spacial score (nSPS) is 11.2. The predicted molar refractivity (Wildman–Crippen MR) is 134 cm³/mol. The smallest absolute Gasteiger partial charge is 0.430 e. The van der Waals surface area contributed by atoms with Crippen molar-refractivity contribution in [2.75, 3.05) is 18.2 Å². The van der Waals surface area contributed by atoms with E-state index < -0.39 is 27.9 Å². The molecule has 0 saturated carbocycles. The molecule has 0 radical (unpaired) electrons. The molecular weight excluding hydrogens is 508 g/mol. The third kappa shape index (κ3) is 8.64. The molecule has 1 aromatic heterocycles. The maximum absolute atomic E-state index is 12.7. The summed E-state index contributed by atoms with van der Waals surface area (Å²) in [5.41, 5.74) is 1.18. The minimum absolute atomic E-state index is 0.0158. The third-order valence-corrected chi connectivity index (χ3v) is 5.88. The van der Waals surface area contributed by atoms with Gasteiger partial charge in [0, 0.05) is 18.6 Å². The van der Waals surface area contributed by atoms with Gasteiger partial charge >= 0.3 is 12.1 Å². The molecule has 3 rings (SSSR count). The SMILES string of the molecule is CC(=O)Oc1ccc(C=CCOC(=O)Oc2ccccc2C(=O)Nc2nc(CS(C)(=O)=O)cs2)cc1. The van der Waals surface area contributed by atoms with Gasteiger partial charge in [-0.25, -0.2) is 18.2 Å². The first kappa shape index (κ1) is 26.6. The molecule has 2 aromatic carbocycles. The van der Waals surface area contributed by atoms with Gasteiger partial charge in [-0.1, -0.05) is 30.3 Å². The summed E-state index contributed by atoms with van der Waals surface area (Å²) in [4.78, 5) is 39.8. The number of para-hydroxylation sites is 1. The fourth-order valence-electron chi connectivity index (χ4n) is 2.84. The zero-order valence-corrected chi connectivity index (χ0v) is 20.9. The van der Waals surface area contributed by atoms with E-state index in [0.717, 1.165) is 23.2 Å². The number of carbonyl (C=O) groups is 3. The largest absolute Gasteiger partial charge is 0.514 e. The molecule has 10 nitrogen and oxygen atoms in total. The number of hydrogen-bond acceptors (Lipinski definition) is 10. The number of benzene rings is 2. The first-order valence-corrected chi connectivity index (χ1v) is 13.4. The average molecular weight is 531 g/mol. The van der Waals surface area contributed by atoms with Gasteiger partial charge in [-0.15, -0.1) is 11.3 Å². The quantitative estimate of drug-likeness (QED) is 0.246. The number of esters is 1. The summed E-state index contributed by atoms with van der Waals surface area (Å²) in [7, 11) is -3.26. The van der Waals surface area contributed by atoms with Crippen LogP contribution in [0, 0.1) is 0 Å². The van der Waals surface area contributed by atoms with E-state index in [4.69, 9.17) is 14.2 Å². The number of thiazole rings is 1. The van der Waals surface area contributed by atoms with Crippen LogP contribution in [0.1, 0.15) is 28.5 Å². The maximum atomic E-state index is 12.7. The van der Waals surface area contributed by atoms with Crippen molar-refractivity contribution in [1.29, 1.82) is 0 Å². The Balaban J connectivity index is 1.54. The Morgan fingerprint density at radius 2 is 1.78 bits per heavy atom. The van der Waals surface area contributed by atoms with E-state index in [2.05, 4.69) is 10.3 Å². The van der Waals surface area contributed by atoms with Gasteiger partial charge in [-0.2, -0.15) is 0 Å². The summed E-state index contributed by atoms with van der Waals surface area (Å²) in [5, 5.41) is 4.32. The molecular formula is C24H22N2O8S2. The van der Waals surface area contributed by atoms with Gasteiger partial charge in [-0.05, 0) is 35.9 Å². The van der Waals surface area contributed by atoms with Crippen LogP contribution < -0.4 is 14.8 Å². The van der Waals surface area contributed by atoms with Gasteiger partial charge in [0.25, 0.3) is 5.91 Å². The number of rotatable bonds is 9. The lowest BCUT2D eigenvalue weighted by molar-refractivity contribution is -0.131. The molecule has 1 amide bonds. The van der Waals surface area contributed by atoms with Gasteiger partial charge in [-0.3, -0.25) is 14.9 Å². The van der Waals surface area contributed by atoms with Crippen molar-refractivity contribution < 1.29 is 37.0 Å². The number of ether oxygens (including phenoxy) is 3. The highest BCUT2D eigenvalue weighted by Gasteiger charge is 2.17. The second-order valence-electron chi connectivity index (χ2n) is 7.39. The van der Waals surface area contributed by atoms with Crippen molar-refractivity contribution in [3.05, 3.63) is 76.8 Å². The minimum atomic E-state index is -3.26. The molecule has 0 saturated heterocycles. The molecule has 0 spiro atoms. The van der Waals surface area contributed by atoms with Crippen LogP contribution in [0.4, 0.5) is 9.93 Å². The zero-order valence-electron chi connectivity index (χ0n) is 19.3. The summed E-state index contributed by atoms with van der Waals surface area (Å²) in [5.74, 6) is -0.829. The molecule has 0 bridgehead atoms. The van der Waals surface area contributed by atoms with Crippen LogP contribution in [0.15, 0.2) is 60.0 Å². The molecule has 188 valence electrons. The second-order valence-corrected chi connectivity index (χ2v) is 10.4. The van der Waals surface area contributed by atoms with Crippen molar-refractivity contribution in [2.45, 2.75) is 12.7 Å². The molecule has 0 aliphatic heterocycles. The lowest BCUT2D eigenvalue weighted by Gasteiger charge is -2.09. The Morgan fingerprint density at radius 3 is 2.47 bits per heavy atom. The number of anilines is 1. The van der Waals surface area contributed by atoms with Gasteiger partial charge < -0.3 is 14.2 Å². The minimum Gasteiger partial charge on any atom is -0.430 e. The molecule has 0 aliphatic carbocycles. The first-order chi connectivity index (χ1) is 17.1. The van der Waals surface area contributed by atoms with E-state index in [1.54, 1.807) is 48.6 Å². The summed E-state index contributed by atoms with van der Waals surface area (Å²) < 4.78 is 38.0. The van der Waals surface area contributed by atoms with Crippen molar-refractivity contribution in [1.82, 2.24) is 4.98 Å². The number of sulfone groups is 1. The monoisotopic (exact) mass is 530 g/mol. The van der Waals surface area contributed by atoms with Gasteiger partial charge in [0.1, 0.15) is 18.1 Å². The maximum Gasteiger partial charge on any atom is 0.514 e. The fourth-order valence-corrected chi connectivity index (χ4v) is 4.34. The predicted octanol–water partition coefficient (Wildman–Crippen LogP) is 4.09. The lowest BCUT2D eigenvalue weighted by Crippen LogP contribution is -2.16. The van der Waals surface area contributed by atoms with E-state index in [9.17, 15) is 22.8 Å². The van der Waals surface area contributed by atoms with Gasteiger partial charge in [0.15, 0.2) is 15.0 Å². The van der Waals surface area contributed by atoms with Crippen LogP contribution in [0.2, 0.25) is 0 Å². The Labute approximate surface area is 211 Å². The lowest BCUT2D eigenvalue weighted by atomic mass is 10.2. The van der Waals surface area contributed by atoms with Crippen molar-refractivity contribution in [2.24, 2.45) is 0 Å². The van der Waals surface area contributed by atoms with Crippen LogP contribution in [0.25, 0.3) is 6.08 Å². The Kier molecular flexibility index (Phi) is 8.92. The highest BCUT2D eigenvalue weighted by molar-refractivity contribution is 7.89. The van der Waals surface area contributed by atoms with E-state index >= 15 is 0 Å². The standard InChI is InChI=1S/C24H22N2O8S2/c1-16(27)33-19-11-9-17(10-12-19)6-5-13-32-24(29)34-21-8-4-3-7-20(21)22(28)26-23-25-18(14-35-23)15-36(2,30)31/h3-12,14H,13,15H2,1-2H3,(H,25,26,28). The summed E-state index contributed by atoms with van der Waals surface area (Å²) in [6.45, 7) is 1.23. The number of nitrogens with one attached hydrogen (secondary N) is 1. The van der Waals surface area contributed by atoms with Crippen molar-refractivity contribution in [3.8, 4) is 11.5 Å². The molecule has 1 heterocycles. The van der Waals surface area contributed by atoms with E-state index in [1.165, 1.54) is 24.4 Å². The van der Waals surface area contributed by atoms with Gasteiger partial charge in [0.05, 0.1) is 17.0 Å². The zero-order chi connectivity index (χ0) is 26.1. The molecule has 0 atom stereocenters. The van der Waals surface area contributed by atoms with E-state index in [1.807, 2.05) is 0 Å². The Morgan fingerprint density at radius 1 is 1.06 bits per heavy atom. The summed E-state index contributed by atoms with van der Waals surface area (Å²) in [6.07, 6.45) is 3.39. The highest BCUT2D eigenvalue weighted by atomic mass is 32.2. The molecule has 0 aliphatic rings. The van der Waals surface area contributed by atoms with Crippen molar-refractivity contribution >= 4 is 50.4 Å². The average Bonchev–Trinajstić information content (AvgIpc) is 3.22. The van der Waals surface area contributed by atoms with Crippen LogP contribution in [-0.4, -0.2) is 44.3 Å². The number of amides is 1. The van der Waals surface area contributed by atoms with E-state index in [0.29, 0.717) is 11.4 Å². The first-order valence-electron chi connectivity index (χ1n) is 10.4. The van der Waals surface area contributed by atoms with Crippen LogP contribution in [-0.2, 0) is 25.1 Å². The third-order valence-electron chi connectivity index (χ3n) is 4.26. The number of aromatic nitrogens is 1. The van der Waals surface area contributed by atoms with Crippen molar-refractivity contribution in [3.63, 3.8) is 0 Å². The number of hydrogen-bond donors (Lipinski definition) is 1. The molecule has 36 heavy (non-hydrogen) atoms. The van der Waals surface area contributed by atoms with Crippen LogP contribution in [0.3, 0.4) is 0 Å². The van der Waals surface area contributed by atoms with Crippen LogP contribution in [0.5, 0.6) is 11.5 Å². The molecule has 1 N–H and O–H groups in total. The van der Waals surface area contributed by atoms with Crippen LogP contribution >= 0.6 is 11.3 Å². The van der Waals surface area contributed by atoms with Gasteiger partial charge in [0.2, 0.25) is 0 Å². The topological polar surface area (TPSA) is 138 Å². The Hall–Kier alpha value is -4.03. The van der Waals surface area contributed by atoms with E-state index in [-0.39, 0.29) is 28.8 Å². The molecule has 12 heteroatoms. The second kappa shape index (κ2) is 12.1. The summed E-state index contributed by atoms with van der Waals surface area (Å²) >= 11 is 1.08. The molecule has 0 unspecified atom stereocenters. The number of nitrogens with zero attached hydrogens (tertiary/aromatic N) is 1. The molecule has 3 aromatic rings.